The Labute approximate surface area is 159 Å². The van der Waals surface area contributed by atoms with E-state index in [0.717, 1.165) is 35.4 Å². The third-order valence-electron chi connectivity index (χ3n) is 4.59. The monoisotopic (exact) mass is 370 g/mol. The second-order valence-corrected chi connectivity index (χ2v) is 6.63. The van der Waals surface area contributed by atoms with E-state index in [9.17, 15) is 0 Å². The summed E-state index contributed by atoms with van der Waals surface area (Å²) in [4.78, 5) is 13.6. The first kappa shape index (κ1) is 18.5. The van der Waals surface area contributed by atoms with Crippen molar-refractivity contribution >= 4 is 23.4 Å². The van der Waals surface area contributed by atoms with Crippen molar-refractivity contribution in [2.75, 3.05) is 19.7 Å². The third kappa shape index (κ3) is 4.11. The van der Waals surface area contributed by atoms with Gasteiger partial charge >= 0.3 is 0 Å². The summed E-state index contributed by atoms with van der Waals surface area (Å²) in [6, 6.07) is 10.3. The van der Waals surface area contributed by atoms with E-state index in [-0.39, 0.29) is 12.4 Å². The number of pyridine rings is 1. The summed E-state index contributed by atoms with van der Waals surface area (Å²) < 4.78 is 6.10. The van der Waals surface area contributed by atoms with E-state index in [4.69, 9.17) is 9.72 Å². The van der Waals surface area contributed by atoms with E-state index in [1.54, 1.807) is 12.4 Å². The molecule has 6 heteroatoms. The molecule has 1 aliphatic heterocycles. The first-order valence-corrected chi connectivity index (χ1v) is 8.82. The largest absolute Gasteiger partial charge is 0.476 e. The predicted molar refractivity (Wildman–Crippen MR) is 106 cm³/mol. The number of aryl methyl sites for hydroxylation is 1. The molecule has 0 aliphatic carbocycles. The fourth-order valence-corrected chi connectivity index (χ4v) is 3.26. The zero-order chi connectivity index (χ0) is 17.1. The van der Waals surface area contributed by atoms with Crippen LogP contribution in [0.5, 0.6) is 5.88 Å². The van der Waals surface area contributed by atoms with Crippen LogP contribution in [0.15, 0.2) is 42.7 Å². The number of fused-ring (bicyclic) bond motifs is 1. The summed E-state index contributed by atoms with van der Waals surface area (Å²) in [6.45, 7) is 4.84. The highest BCUT2D eigenvalue weighted by Gasteiger charge is 2.16. The fraction of sp³-hybridized carbons (Fsp3) is 0.350. The lowest BCUT2D eigenvalue weighted by Crippen LogP contribution is -2.33. The van der Waals surface area contributed by atoms with Crippen molar-refractivity contribution in [1.82, 2.24) is 20.3 Å². The third-order valence-corrected chi connectivity index (χ3v) is 4.59. The van der Waals surface area contributed by atoms with Gasteiger partial charge in [0.15, 0.2) is 5.52 Å². The predicted octanol–water partition coefficient (Wildman–Crippen LogP) is 3.80. The molecule has 26 heavy (non-hydrogen) atoms. The van der Waals surface area contributed by atoms with Crippen LogP contribution in [-0.4, -0.2) is 34.6 Å². The highest BCUT2D eigenvalue weighted by molar-refractivity contribution is 5.85. The Balaban J connectivity index is 0.00000196. The molecule has 0 unspecified atom stereocenters. The standard InChI is InChI=1S/C20H22N4O.ClH/c1-14-4-2-6-16(10-14)17-11-18-19(23-9-8-22-18)20(24-17)25-13-15-5-3-7-21-12-15;/h2,4,6,8-11,15,21H,3,5,7,12-13H2,1H3;1H/t15-;/m0./s1. The molecule has 0 bridgehead atoms. The lowest BCUT2D eigenvalue weighted by molar-refractivity contribution is 0.214. The zero-order valence-corrected chi connectivity index (χ0v) is 15.6. The molecule has 5 nitrogen and oxygen atoms in total. The molecule has 2 aromatic heterocycles. The number of aromatic nitrogens is 3. The van der Waals surface area contributed by atoms with Gasteiger partial charge in [0.1, 0.15) is 0 Å². The molecule has 4 rings (SSSR count). The number of piperidine rings is 1. The highest BCUT2D eigenvalue weighted by atomic mass is 35.5. The Hall–Kier alpha value is -2.24. The molecule has 136 valence electrons. The average molecular weight is 371 g/mol. The number of nitrogens with zero attached hydrogens (tertiary/aromatic N) is 3. The molecule has 1 fully saturated rings. The van der Waals surface area contributed by atoms with Gasteiger partial charge in [-0.15, -0.1) is 12.4 Å². The molecule has 3 aromatic rings. The van der Waals surface area contributed by atoms with Crippen LogP contribution in [0.25, 0.3) is 22.3 Å². The normalized spacial score (nSPS) is 16.9. The van der Waals surface area contributed by atoms with Gasteiger partial charge in [0, 0.05) is 30.4 Å². The summed E-state index contributed by atoms with van der Waals surface area (Å²) in [7, 11) is 0. The van der Waals surface area contributed by atoms with E-state index >= 15 is 0 Å². The topological polar surface area (TPSA) is 59.9 Å². The summed E-state index contributed by atoms with van der Waals surface area (Å²) in [5, 5.41) is 3.42. The Bertz CT molecular complexity index is 881. The number of halogens is 1. The van der Waals surface area contributed by atoms with Crippen LogP contribution in [0, 0.1) is 12.8 Å². The summed E-state index contributed by atoms with van der Waals surface area (Å²) >= 11 is 0. The van der Waals surface area contributed by atoms with Gasteiger partial charge in [-0.3, -0.25) is 4.98 Å². The van der Waals surface area contributed by atoms with Crippen LogP contribution < -0.4 is 10.1 Å². The number of nitrogens with one attached hydrogen (secondary N) is 1. The molecule has 0 amide bonds. The van der Waals surface area contributed by atoms with E-state index in [0.29, 0.717) is 18.4 Å². The molecule has 1 saturated heterocycles. The molecule has 0 radical (unpaired) electrons. The number of hydrogen-bond donors (Lipinski definition) is 1. The molecule has 1 N–H and O–H groups in total. The van der Waals surface area contributed by atoms with Gasteiger partial charge in [-0.25, -0.2) is 9.97 Å². The molecule has 3 heterocycles. The Kier molecular flexibility index (Phi) is 6.01. The van der Waals surface area contributed by atoms with Crippen molar-refractivity contribution in [2.24, 2.45) is 5.92 Å². The molecule has 0 spiro atoms. The lowest BCUT2D eigenvalue weighted by Gasteiger charge is -2.22. The maximum Gasteiger partial charge on any atom is 0.242 e. The van der Waals surface area contributed by atoms with Crippen LogP contribution in [0.2, 0.25) is 0 Å². The zero-order valence-electron chi connectivity index (χ0n) is 14.8. The second-order valence-electron chi connectivity index (χ2n) is 6.63. The first-order chi connectivity index (χ1) is 12.3. The Morgan fingerprint density at radius 1 is 1.19 bits per heavy atom. The van der Waals surface area contributed by atoms with Crippen LogP contribution in [-0.2, 0) is 0 Å². The van der Waals surface area contributed by atoms with Crippen molar-refractivity contribution in [3.63, 3.8) is 0 Å². The second kappa shape index (κ2) is 8.43. The number of rotatable bonds is 4. The molecule has 1 atom stereocenters. The van der Waals surface area contributed by atoms with E-state index in [1.807, 2.05) is 12.1 Å². The van der Waals surface area contributed by atoms with Gasteiger partial charge in [0.2, 0.25) is 5.88 Å². The molecule has 1 aromatic carbocycles. The quantitative estimate of drug-likeness (QED) is 0.756. The van der Waals surface area contributed by atoms with Crippen molar-refractivity contribution in [2.45, 2.75) is 19.8 Å². The van der Waals surface area contributed by atoms with Crippen LogP contribution in [0.1, 0.15) is 18.4 Å². The summed E-state index contributed by atoms with van der Waals surface area (Å²) in [5.41, 5.74) is 4.67. The fourth-order valence-electron chi connectivity index (χ4n) is 3.26. The molecular formula is C20H23ClN4O. The van der Waals surface area contributed by atoms with Gasteiger partial charge in [-0.1, -0.05) is 23.8 Å². The molecular weight excluding hydrogens is 348 g/mol. The van der Waals surface area contributed by atoms with Gasteiger partial charge < -0.3 is 10.1 Å². The average Bonchev–Trinajstić information content (AvgIpc) is 2.67. The SMILES string of the molecule is Cc1cccc(-c2cc3nccnc3c(OC[C@H]3CCCNC3)n2)c1.Cl. The molecule has 0 saturated carbocycles. The van der Waals surface area contributed by atoms with Crippen LogP contribution >= 0.6 is 12.4 Å². The van der Waals surface area contributed by atoms with Crippen molar-refractivity contribution in [1.29, 1.82) is 0 Å². The van der Waals surface area contributed by atoms with Crippen molar-refractivity contribution < 1.29 is 4.74 Å². The smallest absolute Gasteiger partial charge is 0.242 e. The number of benzene rings is 1. The van der Waals surface area contributed by atoms with Gasteiger partial charge in [0.05, 0.1) is 17.8 Å². The lowest BCUT2D eigenvalue weighted by atomic mass is 10.0. The minimum atomic E-state index is 0. The van der Waals surface area contributed by atoms with Gasteiger partial charge in [0.25, 0.3) is 0 Å². The minimum Gasteiger partial charge on any atom is -0.476 e. The summed E-state index contributed by atoms with van der Waals surface area (Å²) in [6.07, 6.45) is 5.78. The van der Waals surface area contributed by atoms with Crippen LogP contribution in [0.3, 0.4) is 0 Å². The minimum absolute atomic E-state index is 0. The first-order valence-electron chi connectivity index (χ1n) is 8.82. The Morgan fingerprint density at radius 2 is 2.08 bits per heavy atom. The van der Waals surface area contributed by atoms with Gasteiger partial charge in [-0.05, 0) is 38.4 Å². The molecule has 1 aliphatic rings. The summed E-state index contributed by atoms with van der Waals surface area (Å²) in [5.74, 6) is 1.09. The van der Waals surface area contributed by atoms with E-state index in [2.05, 4.69) is 40.4 Å². The number of ether oxygens (including phenoxy) is 1. The van der Waals surface area contributed by atoms with Crippen molar-refractivity contribution in [3.8, 4) is 17.1 Å². The van der Waals surface area contributed by atoms with Crippen molar-refractivity contribution in [3.05, 3.63) is 48.3 Å². The van der Waals surface area contributed by atoms with Crippen LogP contribution in [0.4, 0.5) is 0 Å². The van der Waals surface area contributed by atoms with E-state index < -0.39 is 0 Å². The van der Waals surface area contributed by atoms with Gasteiger partial charge in [-0.2, -0.15) is 0 Å². The Morgan fingerprint density at radius 3 is 2.88 bits per heavy atom. The maximum atomic E-state index is 6.10. The maximum absolute atomic E-state index is 6.10. The number of hydrogen-bond acceptors (Lipinski definition) is 5. The highest BCUT2D eigenvalue weighted by Crippen LogP contribution is 2.27. The van der Waals surface area contributed by atoms with E-state index in [1.165, 1.54) is 18.4 Å².